The van der Waals surface area contributed by atoms with Crippen LogP contribution in [0, 0.1) is 5.82 Å². The topological polar surface area (TPSA) is 38.3 Å². The molecule has 1 saturated heterocycles. The van der Waals surface area contributed by atoms with E-state index in [9.17, 15) is 9.18 Å². The van der Waals surface area contributed by atoms with Gasteiger partial charge in [0.25, 0.3) is 0 Å². The lowest BCUT2D eigenvalue weighted by Gasteiger charge is -2.38. The fraction of sp³-hybridized carbons (Fsp3) is 0.350. The van der Waals surface area contributed by atoms with Gasteiger partial charge in [-0.25, -0.2) is 4.39 Å². The van der Waals surface area contributed by atoms with Crippen LogP contribution in [0.25, 0.3) is 0 Å². The Morgan fingerprint density at radius 3 is 2.54 bits per heavy atom. The summed E-state index contributed by atoms with van der Waals surface area (Å²) in [5.41, 5.74) is 1.84. The minimum Gasteiger partial charge on any atom is -0.381 e. The van der Waals surface area contributed by atoms with Crippen LogP contribution < -0.4 is 5.32 Å². The molecule has 4 heteroatoms. The molecule has 1 fully saturated rings. The van der Waals surface area contributed by atoms with Crippen molar-refractivity contribution in [3.05, 3.63) is 71.5 Å². The Hall–Kier alpha value is -2.20. The molecule has 0 aliphatic carbocycles. The second-order valence-corrected chi connectivity index (χ2v) is 6.34. The summed E-state index contributed by atoms with van der Waals surface area (Å²) in [4.78, 5) is 12.3. The molecule has 0 radical (unpaired) electrons. The molecule has 0 atom stereocenters. The number of halogens is 1. The molecule has 2 aromatic carbocycles. The Morgan fingerprint density at radius 2 is 1.83 bits per heavy atom. The summed E-state index contributed by atoms with van der Waals surface area (Å²) in [5, 5.41) is 3.04. The zero-order chi connectivity index (χ0) is 16.8. The molecule has 1 amide bonds. The van der Waals surface area contributed by atoms with Crippen LogP contribution in [0.1, 0.15) is 24.0 Å². The highest BCUT2D eigenvalue weighted by molar-refractivity contribution is 5.78. The lowest BCUT2D eigenvalue weighted by Crippen LogP contribution is -2.45. The van der Waals surface area contributed by atoms with Gasteiger partial charge in [0.1, 0.15) is 5.82 Å². The number of ether oxygens (including phenoxy) is 1. The normalized spacial score (nSPS) is 16.5. The minimum atomic E-state index is -0.314. The second-order valence-electron chi connectivity index (χ2n) is 6.34. The molecule has 1 aliphatic rings. The van der Waals surface area contributed by atoms with Gasteiger partial charge in [0, 0.05) is 25.2 Å². The molecular weight excluding hydrogens is 305 g/mol. The maximum absolute atomic E-state index is 13.2. The van der Waals surface area contributed by atoms with Crippen molar-refractivity contribution in [1.82, 2.24) is 5.32 Å². The van der Waals surface area contributed by atoms with Crippen LogP contribution in [0.2, 0.25) is 0 Å². The first-order valence-electron chi connectivity index (χ1n) is 8.32. The Labute approximate surface area is 141 Å². The molecule has 0 saturated carbocycles. The molecule has 3 rings (SSSR count). The van der Waals surface area contributed by atoms with Crippen LogP contribution in [0.4, 0.5) is 4.39 Å². The van der Waals surface area contributed by atoms with Crippen molar-refractivity contribution in [2.75, 3.05) is 19.8 Å². The maximum Gasteiger partial charge on any atom is 0.224 e. The summed E-state index contributed by atoms with van der Waals surface area (Å²) < 4.78 is 18.7. The quantitative estimate of drug-likeness (QED) is 0.915. The smallest absolute Gasteiger partial charge is 0.224 e. The molecule has 1 N–H and O–H groups in total. The third-order valence-electron chi connectivity index (χ3n) is 4.71. The van der Waals surface area contributed by atoms with Gasteiger partial charge in [-0.15, -0.1) is 0 Å². The summed E-state index contributed by atoms with van der Waals surface area (Å²) in [6.45, 7) is 1.98. The van der Waals surface area contributed by atoms with Gasteiger partial charge in [-0.2, -0.15) is 0 Å². The summed E-state index contributed by atoms with van der Waals surface area (Å²) in [6, 6.07) is 16.5. The molecule has 24 heavy (non-hydrogen) atoms. The van der Waals surface area contributed by atoms with E-state index in [1.54, 1.807) is 12.1 Å². The van der Waals surface area contributed by atoms with Gasteiger partial charge < -0.3 is 10.1 Å². The molecule has 0 unspecified atom stereocenters. The van der Waals surface area contributed by atoms with Crippen LogP contribution in [-0.2, 0) is 21.4 Å². The van der Waals surface area contributed by atoms with Crippen molar-refractivity contribution in [1.29, 1.82) is 0 Å². The minimum absolute atomic E-state index is 0.0811. The zero-order valence-electron chi connectivity index (χ0n) is 13.6. The molecule has 3 nitrogen and oxygen atoms in total. The molecule has 2 aromatic rings. The zero-order valence-corrected chi connectivity index (χ0v) is 13.6. The van der Waals surface area contributed by atoms with E-state index >= 15 is 0 Å². The maximum atomic E-state index is 13.2. The van der Waals surface area contributed by atoms with Crippen LogP contribution >= 0.6 is 0 Å². The van der Waals surface area contributed by atoms with Crippen LogP contribution in [-0.4, -0.2) is 25.7 Å². The van der Waals surface area contributed by atoms with Crippen molar-refractivity contribution in [2.24, 2.45) is 0 Å². The summed E-state index contributed by atoms with van der Waals surface area (Å²) in [6.07, 6.45) is 1.97. The van der Waals surface area contributed by atoms with E-state index in [0.717, 1.165) is 12.8 Å². The Morgan fingerprint density at radius 1 is 1.08 bits per heavy atom. The predicted molar refractivity (Wildman–Crippen MR) is 91.3 cm³/mol. The highest BCUT2D eigenvalue weighted by Gasteiger charge is 2.34. The second kappa shape index (κ2) is 7.58. The number of amides is 1. The van der Waals surface area contributed by atoms with Gasteiger partial charge >= 0.3 is 0 Å². The molecule has 1 aliphatic heterocycles. The van der Waals surface area contributed by atoms with E-state index in [0.29, 0.717) is 25.3 Å². The summed E-state index contributed by atoms with van der Waals surface area (Å²) >= 11 is 0. The third-order valence-corrected chi connectivity index (χ3v) is 4.71. The van der Waals surface area contributed by atoms with Crippen molar-refractivity contribution in [3.8, 4) is 0 Å². The number of hydrogen-bond acceptors (Lipinski definition) is 2. The van der Waals surface area contributed by atoms with Gasteiger partial charge in [0.05, 0.1) is 6.42 Å². The Balaban J connectivity index is 1.66. The molecule has 0 spiro atoms. The van der Waals surface area contributed by atoms with E-state index in [1.165, 1.54) is 17.7 Å². The monoisotopic (exact) mass is 327 g/mol. The van der Waals surface area contributed by atoms with E-state index in [1.807, 2.05) is 18.2 Å². The highest BCUT2D eigenvalue weighted by Crippen LogP contribution is 2.34. The summed E-state index contributed by atoms with van der Waals surface area (Å²) in [7, 11) is 0. The lowest BCUT2D eigenvalue weighted by molar-refractivity contribution is -0.120. The molecule has 1 heterocycles. The molecular formula is C20H22FNO2. The lowest BCUT2D eigenvalue weighted by atomic mass is 9.74. The van der Waals surface area contributed by atoms with Gasteiger partial charge in [0.2, 0.25) is 5.91 Å². The van der Waals surface area contributed by atoms with E-state index in [4.69, 9.17) is 4.74 Å². The Kier molecular flexibility index (Phi) is 5.26. The van der Waals surface area contributed by atoms with Crippen LogP contribution in [0.5, 0.6) is 0 Å². The van der Waals surface area contributed by atoms with Gasteiger partial charge in [-0.3, -0.25) is 4.79 Å². The standard InChI is InChI=1S/C20H22FNO2/c21-18-8-4-5-16(13-18)14-19(23)22-15-20(9-11-24-12-10-20)17-6-2-1-3-7-17/h1-8,13H,9-12,14-15H2,(H,22,23). The fourth-order valence-corrected chi connectivity index (χ4v) is 3.28. The average molecular weight is 327 g/mol. The number of nitrogens with one attached hydrogen (secondary N) is 1. The Bertz CT molecular complexity index is 681. The number of carbonyl (C=O) groups is 1. The predicted octanol–water partition coefficient (Wildman–Crippen LogP) is 3.23. The number of rotatable bonds is 5. The average Bonchev–Trinajstić information content (AvgIpc) is 2.62. The highest BCUT2D eigenvalue weighted by atomic mass is 19.1. The first-order chi connectivity index (χ1) is 11.7. The number of hydrogen-bond donors (Lipinski definition) is 1. The number of benzene rings is 2. The van der Waals surface area contributed by atoms with Crippen molar-refractivity contribution >= 4 is 5.91 Å². The van der Waals surface area contributed by atoms with Crippen molar-refractivity contribution < 1.29 is 13.9 Å². The fourth-order valence-electron chi connectivity index (χ4n) is 3.28. The van der Waals surface area contributed by atoms with Crippen molar-refractivity contribution in [3.63, 3.8) is 0 Å². The SMILES string of the molecule is O=C(Cc1cccc(F)c1)NCC1(c2ccccc2)CCOCC1. The van der Waals surface area contributed by atoms with Gasteiger partial charge in [-0.05, 0) is 36.1 Å². The van der Waals surface area contributed by atoms with Gasteiger partial charge in [-0.1, -0.05) is 42.5 Å². The molecule has 0 bridgehead atoms. The van der Waals surface area contributed by atoms with Gasteiger partial charge in [0.15, 0.2) is 0 Å². The van der Waals surface area contributed by atoms with Crippen LogP contribution in [0.15, 0.2) is 54.6 Å². The third kappa shape index (κ3) is 4.01. The largest absolute Gasteiger partial charge is 0.381 e. The van der Waals surface area contributed by atoms with E-state index in [-0.39, 0.29) is 23.6 Å². The number of carbonyl (C=O) groups excluding carboxylic acids is 1. The first kappa shape index (κ1) is 16.7. The van der Waals surface area contributed by atoms with Crippen LogP contribution in [0.3, 0.4) is 0 Å². The molecule has 0 aromatic heterocycles. The van der Waals surface area contributed by atoms with E-state index < -0.39 is 0 Å². The van der Waals surface area contributed by atoms with Crippen molar-refractivity contribution in [2.45, 2.75) is 24.7 Å². The molecule has 126 valence electrons. The summed E-state index contributed by atoms with van der Waals surface area (Å²) in [5.74, 6) is -0.395. The first-order valence-corrected chi connectivity index (χ1v) is 8.32. The van der Waals surface area contributed by atoms with E-state index in [2.05, 4.69) is 17.4 Å².